The summed E-state index contributed by atoms with van der Waals surface area (Å²) in [6.07, 6.45) is 2.58. The maximum absolute atomic E-state index is 12.8. The van der Waals surface area contributed by atoms with Gasteiger partial charge in [-0.2, -0.15) is 0 Å². The number of rotatable bonds is 7. The highest BCUT2D eigenvalue weighted by Crippen LogP contribution is 2.24. The van der Waals surface area contributed by atoms with E-state index in [0.29, 0.717) is 23.2 Å². The third kappa shape index (κ3) is 4.14. The van der Waals surface area contributed by atoms with Gasteiger partial charge in [0.05, 0.1) is 11.1 Å². The summed E-state index contributed by atoms with van der Waals surface area (Å²) in [6.45, 7) is 5.04. The van der Waals surface area contributed by atoms with Crippen LogP contribution >= 0.6 is 0 Å². The minimum absolute atomic E-state index is 0.0767. The predicted octanol–water partition coefficient (Wildman–Crippen LogP) is 3.09. The lowest BCUT2D eigenvalue weighted by Gasteiger charge is -2.17. The van der Waals surface area contributed by atoms with Crippen molar-refractivity contribution in [2.24, 2.45) is 0 Å². The van der Waals surface area contributed by atoms with Crippen LogP contribution in [0.2, 0.25) is 0 Å². The lowest BCUT2D eigenvalue weighted by molar-refractivity contribution is 0.0652. The molecule has 2 aromatic carbocycles. The molecule has 30 heavy (non-hydrogen) atoms. The fraction of sp³-hybridized carbons (Fsp3) is 0.375. The zero-order valence-corrected chi connectivity index (χ0v) is 17.3. The number of benzene rings is 2. The Hall–Kier alpha value is -2.99. The minimum Gasteiger partial charge on any atom is -0.348 e. The zero-order valence-electron chi connectivity index (χ0n) is 17.3. The number of imide groups is 1. The Morgan fingerprint density at radius 1 is 1.07 bits per heavy atom. The van der Waals surface area contributed by atoms with Gasteiger partial charge >= 0.3 is 0 Å². The first-order valence-electron chi connectivity index (χ1n) is 10.6. The van der Waals surface area contributed by atoms with Crippen molar-refractivity contribution in [2.45, 2.75) is 38.8 Å². The number of fused-ring (bicyclic) bond motifs is 1. The van der Waals surface area contributed by atoms with Gasteiger partial charge in [-0.25, -0.2) is 0 Å². The Labute approximate surface area is 176 Å². The van der Waals surface area contributed by atoms with E-state index in [9.17, 15) is 14.4 Å². The highest BCUT2D eigenvalue weighted by molar-refractivity contribution is 6.22. The molecule has 0 aliphatic carbocycles. The van der Waals surface area contributed by atoms with Gasteiger partial charge in [0.15, 0.2) is 0 Å². The van der Waals surface area contributed by atoms with Gasteiger partial charge in [-0.3, -0.25) is 24.2 Å². The Bertz CT molecular complexity index is 957. The fourth-order valence-corrected chi connectivity index (χ4v) is 4.16. The number of nitrogens with one attached hydrogen (secondary N) is 1. The molecule has 6 heteroatoms. The normalized spacial score (nSPS) is 18.7. The molecular formula is C24H27N3O3. The number of amides is 3. The van der Waals surface area contributed by atoms with Crippen LogP contribution in [0.5, 0.6) is 0 Å². The summed E-state index contributed by atoms with van der Waals surface area (Å²) in [5.41, 5.74) is 2.41. The van der Waals surface area contributed by atoms with Gasteiger partial charge in [0.1, 0.15) is 0 Å². The van der Waals surface area contributed by atoms with Gasteiger partial charge in [-0.1, -0.05) is 43.7 Å². The lowest BCUT2D eigenvalue weighted by atomic mass is 10.0. The number of hydrogen-bond acceptors (Lipinski definition) is 4. The van der Waals surface area contributed by atoms with Gasteiger partial charge in [0.25, 0.3) is 17.7 Å². The molecule has 6 nitrogen and oxygen atoms in total. The van der Waals surface area contributed by atoms with Crippen molar-refractivity contribution in [3.05, 3.63) is 70.8 Å². The van der Waals surface area contributed by atoms with E-state index in [4.69, 9.17) is 0 Å². The second kappa shape index (κ2) is 8.79. The van der Waals surface area contributed by atoms with Crippen LogP contribution in [0, 0.1) is 0 Å². The van der Waals surface area contributed by atoms with Crippen LogP contribution in [0.25, 0.3) is 0 Å². The molecule has 2 aromatic rings. The Morgan fingerprint density at radius 3 is 2.60 bits per heavy atom. The van der Waals surface area contributed by atoms with E-state index in [1.807, 2.05) is 25.1 Å². The molecule has 2 aliphatic heterocycles. The molecule has 0 unspecified atom stereocenters. The number of carbonyl (C=O) groups is 3. The van der Waals surface area contributed by atoms with Gasteiger partial charge in [-0.05, 0) is 36.6 Å². The summed E-state index contributed by atoms with van der Waals surface area (Å²) in [5.74, 6) is -0.757. The lowest BCUT2D eigenvalue weighted by Crippen LogP contribution is -2.37. The van der Waals surface area contributed by atoms with Crippen LogP contribution in [0.15, 0.2) is 48.5 Å². The molecule has 1 N–H and O–H groups in total. The molecular weight excluding hydrogens is 378 g/mol. The van der Waals surface area contributed by atoms with Crippen molar-refractivity contribution >= 4 is 17.7 Å². The summed E-state index contributed by atoms with van der Waals surface area (Å²) < 4.78 is 0. The van der Waals surface area contributed by atoms with Gasteiger partial charge < -0.3 is 5.32 Å². The standard InChI is InChI=1S/C24H27N3O3/c1-2-3-12-27-23(29)20-10-9-18(14-21(20)24(27)30)22(28)25-19-11-13-26(16-19)15-17-7-5-4-6-8-17/h4-10,14,19H,2-3,11-13,15-16H2,1H3,(H,25,28)/t19-/m0/s1. The van der Waals surface area contributed by atoms with Crippen LogP contribution in [0.4, 0.5) is 0 Å². The molecule has 0 spiro atoms. The molecule has 3 amide bonds. The van der Waals surface area contributed by atoms with Crippen LogP contribution < -0.4 is 5.32 Å². The van der Waals surface area contributed by atoms with E-state index in [0.717, 1.165) is 38.9 Å². The molecule has 0 bridgehead atoms. The molecule has 0 saturated carbocycles. The third-order valence-corrected chi connectivity index (χ3v) is 5.82. The maximum Gasteiger partial charge on any atom is 0.261 e. The highest BCUT2D eigenvalue weighted by Gasteiger charge is 2.35. The summed E-state index contributed by atoms with van der Waals surface area (Å²) in [6, 6.07) is 15.2. The molecule has 156 valence electrons. The Kier molecular flexibility index (Phi) is 5.95. The van der Waals surface area contributed by atoms with Crippen molar-refractivity contribution < 1.29 is 14.4 Å². The average Bonchev–Trinajstić information content (AvgIpc) is 3.29. The smallest absolute Gasteiger partial charge is 0.261 e. The Balaban J connectivity index is 1.38. The van der Waals surface area contributed by atoms with E-state index in [1.165, 1.54) is 10.5 Å². The van der Waals surface area contributed by atoms with Crippen LogP contribution in [0.3, 0.4) is 0 Å². The van der Waals surface area contributed by atoms with Crippen molar-refractivity contribution in [3.8, 4) is 0 Å². The topological polar surface area (TPSA) is 69.7 Å². The molecule has 0 radical (unpaired) electrons. The maximum atomic E-state index is 12.8. The highest BCUT2D eigenvalue weighted by atomic mass is 16.2. The molecule has 0 aromatic heterocycles. The minimum atomic E-state index is -0.298. The molecule has 2 aliphatic rings. The second-order valence-electron chi connectivity index (χ2n) is 8.06. The van der Waals surface area contributed by atoms with Crippen molar-refractivity contribution in [3.63, 3.8) is 0 Å². The number of carbonyl (C=O) groups excluding carboxylic acids is 3. The van der Waals surface area contributed by atoms with Crippen molar-refractivity contribution in [1.82, 2.24) is 15.1 Å². The average molecular weight is 405 g/mol. The van der Waals surface area contributed by atoms with E-state index in [2.05, 4.69) is 22.3 Å². The van der Waals surface area contributed by atoms with E-state index >= 15 is 0 Å². The van der Waals surface area contributed by atoms with E-state index in [-0.39, 0.29) is 23.8 Å². The van der Waals surface area contributed by atoms with Crippen molar-refractivity contribution in [1.29, 1.82) is 0 Å². The predicted molar refractivity (Wildman–Crippen MR) is 114 cm³/mol. The van der Waals surface area contributed by atoms with Gasteiger partial charge in [0.2, 0.25) is 0 Å². The van der Waals surface area contributed by atoms with Crippen molar-refractivity contribution in [2.75, 3.05) is 19.6 Å². The molecule has 1 atom stereocenters. The summed E-state index contributed by atoms with van der Waals surface area (Å²) in [4.78, 5) is 41.5. The first-order chi connectivity index (χ1) is 14.6. The monoisotopic (exact) mass is 405 g/mol. The third-order valence-electron chi connectivity index (χ3n) is 5.82. The largest absolute Gasteiger partial charge is 0.348 e. The summed E-state index contributed by atoms with van der Waals surface area (Å²) in [5, 5.41) is 3.08. The molecule has 1 fully saturated rings. The SMILES string of the molecule is CCCCN1C(=O)c2ccc(C(=O)N[C@H]3CCN(Cc4ccccc4)C3)cc2C1=O. The van der Waals surface area contributed by atoms with E-state index in [1.54, 1.807) is 18.2 Å². The number of nitrogens with zero attached hydrogens (tertiary/aromatic N) is 2. The zero-order chi connectivity index (χ0) is 21.1. The molecule has 2 heterocycles. The first-order valence-corrected chi connectivity index (χ1v) is 10.6. The first kappa shape index (κ1) is 20.3. The van der Waals surface area contributed by atoms with Crippen LogP contribution in [-0.2, 0) is 6.54 Å². The summed E-state index contributed by atoms with van der Waals surface area (Å²) in [7, 11) is 0. The quantitative estimate of drug-likeness (QED) is 0.719. The second-order valence-corrected chi connectivity index (χ2v) is 8.06. The fourth-order valence-electron chi connectivity index (χ4n) is 4.16. The number of likely N-dealkylation sites (tertiary alicyclic amines) is 1. The Morgan fingerprint density at radius 2 is 1.83 bits per heavy atom. The molecule has 1 saturated heterocycles. The van der Waals surface area contributed by atoms with Gasteiger partial charge in [0, 0.05) is 37.8 Å². The van der Waals surface area contributed by atoms with Crippen LogP contribution in [-0.4, -0.2) is 53.2 Å². The molecule has 4 rings (SSSR count). The number of unbranched alkanes of at least 4 members (excludes halogenated alkanes) is 1. The summed E-state index contributed by atoms with van der Waals surface area (Å²) >= 11 is 0. The number of hydrogen-bond donors (Lipinski definition) is 1. The van der Waals surface area contributed by atoms with Gasteiger partial charge in [-0.15, -0.1) is 0 Å². The van der Waals surface area contributed by atoms with Crippen LogP contribution in [0.1, 0.15) is 62.8 Å². The van der Waals surface area contributed by atoms with E-state index < -0.39 is 0 Å².